The molecule has 1 aliphatic heterocycles. The molecule has 26 heavy (non-hydrogen) atoms. The largest absolute Gasteiger partial charge is 0.472 e. The SMILES string of the molecule is O=[N+]([O-])c1cc(Cl)cnc1N1CCC(Oc2ccc(C(F)(F)F)cn2)C1. The van der Waals surface area contributed by atoms with Crippen molar-refractivity contribution in [2.75, 3.05) is 18.0 Å². The van der Waals surface area contributed by atoms with Gasteiger partial charge in [0, 0.05) is 37.5 Å². The highest BCUT2D eigenvalue weighted by molar-refractivity contribution is 6.30. The summed E-state index contributed by atoms with van der Waals surface area (Å²) in [4.78, 5) is 19.9. The highest BCUT2D eigenvalue weighted by Gasteiger charge is 2.32. The Balaban J connectivity index is 1.69. The number of ether oxygens (including phenoxy) is 1. The average Bonchev–Trinajstić information content (AvgIpc) is 3.02. The van der Waals surface area contributed by atoms with Crippen LogP contribution in [0.5, 0.6) is 5.88 Å². The van der Waals surface area contributed by atoms with E-state index in [1.165, 1.54) is 12.3 Å². The molecule has 0 bridgehead atoms. The second-order valence-electron chi connectivity index (χ2n) is 5.61. The molecule has 7 nitrogen and oxygen atoms in total. The van der Waals surface area contributed by atoms with E-state index in [2.05, 4.69) is 9.97 Å². The van der Waals surface area contributed by atoms with Crippen molar-refractivity contribution in [1.82, 2.24) is 9.97 Å². The summed E-state index contributed by atoms with van der Waals surface area (Å²) in [5.41, 5.74) is -1.08. The van der Waals surface area contributed by atoms with Gasteiger partial charge in [-0.25, -0.2) is 9.97 Å². The molecule has 1 unspecified atom stereocenters. The van der Waals surface area contributed by atoms with Crippen LogP contribution in [-0.4, -0.2) is 34.1 Å². The molecule has 1 saturated heterocycles. The standard InChI is InChI=1S/C15H12ClF3N4O3/c16-10-5-12(23(24)25)14(21-7-10)22-4-3-11(8-22)26-13-2-1-9(6-20-13)15(17,18)19/h1-2,5-7,11H,3-4,8H2. The van der Waals surface area contributed by atoms with Crippen LogP contribution in [0.15, 0.2) is 30.6 Å². The molecule has 0 saturated carbocycles. The lowest BCUT2D eigenvalue weighted by atomic mass is 10.3. The second-order valence-corrected chi connectivity index (χ2v) is 6.05. The van der Waals surface area contributed by atoms with Gasteiger partial charge in [0.15, 0.2) is 0 Å². The number of hydrogen-bond donors (Lipinski definition) is 0. The smallest absolute Gasteiger partial charge is 0.417 e. The summed E-state index contributed by atoms with van der Waals surface area (Å²) in [6, 6.07) is 3.25. The van der Waals surface area contributed by atoms with Gasteiger partial charge in [-0.05, 0) is 6.07 Å². The summed E-state index contributed by atoms with van der Waals surface area (Å²) >= 11 is 5.75. The summed E-state index contributed by atoms with van der Waals surface area (Å²) < 4.78 is 43.2. The van der Waals surface area contributed by atoms with Crippen molar-refractivity contribution in [2.24, 2.45) is 0 Å². The first-order valence-electron chi connectivity index (χ1n) is 7.49. The van der Waals surface area contributed by atoms with Gasteiger partial charge in [-0.2, -0.15) is 13.2 Å². The predicted molar refractivity (Wildman–Crippen MR) is 86.4 cm³/mol. The van der Waals surface area contributed by atoms with E-state index in [0.29, 0.717) is 19.2 Å². The molecule has 3 rings (SSSR count). The van der Waals surface area contributed by atoms with Crippen LogP contribution in [0.1, 0.15) is 12.0 Å². The summed E-state index contributed by atoms with van der Waals surface area (Å²) in [5.74, 6) is 0.231. The van der Waals surface area contributed by atoms with Crippen LogP contribution in [0.4, 0.5) is 24.7 Å². The van der Waals surface area contributed by atoms with Crippen molar-refractivity contribution in [2.45, 2.75) is 18.7 Å². The Bertz CT molecular complexity index is 817. The molecule has 11 heteroatoms. The van der Waals surface area contributed by atoms with Crippen LogP contribution in [0.3, 0.4) is 0 Å². The maximum Gasteiger partial charge on any atom is 0.417 e. The third-order valence-electron chi connectivity index (χ3n) is 3.81. The summed E-state index contributed by atoms with van der Waals surface area (Å²) in [6.45, 7) is 0.735. The van der Waals surface area contributed by atoms with Crippen LogP contribution < -0.4 is 9.64 Å². The van der Waals surface area contributed by atoms with E-state index >= 15 is 0 Å². The lowest BCUT2D eigenvalue weighted by molar-refractivity contribution is -0.384. The molecule has 0 aliphatic carbocycles. The number of nitrogens with zero attached hydrogens (tertiary/aromatic N) is 4. The third-order valence-corrected chi connectivity index (χ3v) is 4.01. The van der Waals surface area contributed by atoms with Gasteiger partial charge in [0.05, 0.1) is 22.1 Å². The number of aromatic nitrogens is 2. The van der Waals surface area contributed by atoms with Gasteiger partial charge in [-0.3, -0.25) is 10.1 Å². The Kier molecular flexibility index (Phi) is 4.86. The molecular formula is C15H12ClF3N4O3. The van der Waals surface area contributed by atoms with Gasteiger partial charge in [-0.1, -0.05) is 11.6 Å². The highest BCUT2D eigenvalue weighted by atomic mass is 35.5. The molecule has 138 valence electrons. The minimum Gasteiger partial charge on any atom is -0.472 e. The lowest BCUT2D eigenvalue weighted by Gasteiger charge is -2.17. The fourth-order valence-electron chi connectivity index (χ4n) is 2.60. The van der Waals surface area contributed by atoms with Crippen molar-refractivity contribution in [3.05, 3.63) is 51.3 Å². The number of alkyl halides is 3. The van der Waals surface area contributed by atoms with Crippen LogP contribution >= 0.6 is 11.6 Å². The van der Waals surface area contributed by atoms with E-state index in [0.717, 1.165) is 12.1 Å². The van der Waals surface area contributed by atoms with E-state index < -0.39 is 16.7 Å². The van der Waals surface area contributed by atoms with Crippen molar-refractivity contribution in [1.29, 1.82) is 0 Å². The maximum absolute atomic E-state index is 12.5. The van der Waals surface area contributed by atoms with Crippen molar-refractivity contribution < 1.29 is 22.8 Å². The molecule has 1 fully saturated rings. The maximum atomic E-state index is 12.5. The molecule has 3 heterocycles. The van der Waals surface area contributed by atoms with Gasteiger partial charge in [0.25, 0.3) is 0 Å². The average molecular weight is 389 g/mol. The number of anilines is 1. The van der Waals surface area contributed by atoms with Crippen LogP contribution in [0, 0.1) is 10.1 Å². The first-order chi connectivity index (χ1) is 12.2. The van der Waals surface area contributed by atoms with Gasteiger partial charge in [0.2, 0.25) is 11.7 Å². The minimum atomic E-state index is -4.46. The summed E-state index contributed by atoms with van der Waals surface area (Å²) in [5, 5.41) is 11.3. The molecule has 0 aromatic carbocycles. The van der Waals surface area contributed by atoms with E-state index in [1.807, 2.05) is 0 Å². The zero-order valence-corrected chi connectivity index (χ0v) is 13.9. The summed E-state index contributed by atoms with van der Waals surface area (Å²) in [6.07, 6.45) is -2.31. The number of halogens is 4. The third kappa shape index (κ3) is 3.96. The van der Waals surface area contributed by atoms with Crippen LogP contribution in [-0.2, 0) is 6.18 Å². The fourth-order valence-corrected chi connectivity index (χ4v) is 2.76. The minimum absolute atomic E-state index is 0.0587. The topological polar surface area (TPSA) is 81.4 Å². The Hall–Kier alpha value is -2.62. The van der Waals surface area contributed by atoms with E-state index in [-0.39, 0.29) is 35.1 Å². The monoisotopic (exact) mass is 388 g/mol. The molecule has 1 atom stereocenters. The molecule has 0 spiro atoms. The van der Waals surface area contributed by atoms with Gasteiger partial charge >= 0.3 is 11.9 Å². The highest BCUT2D eigenvalue weighted by Crippen LogP contribution is 2.32. The van der Waals surface area contributed by atoms with E-state index in [9.17, 15) is 23.3 Å². The van der Waals surface area contributed by atoms with Gasteiger partial charge in [0.1, 0.15) is 6.10 Å². The molecule has 2 aromatic rings. The van der Waals surface area contributed by atoms with Crippen LogP contribution in [0.2, 0.25) is 5.02 Å². The van der Waals surface area contributed by atoms with Gasteiger partial charge < -0.3 is 9.64 Å². The second kappa shape index (κ2) is 6.94. The number of pyridine rings is 2. The normalized spacial score (nSPS) is 17.4. The molecular weight excluding hydrogens is 377 g/mol. The van der Waals surface area contributed by atoms with Crippen molar-refractivity contribution in [3.8, 4) is 5.88 Å². The van der Waals surface area contributed by atoms with Crippen LogP contribution in [0.25, 0.3) is 0 Å². The molecule has 2 aromatic heterocycles. The molecule has 1 aliphatic rings. The number of nitro groups is 1. The predicted octanol–water partition coefficient (Wildman–Crippen LogP) is 3.71. The van der Waals surface area contributed by atoms with E-state index in [1.54, 1.807) is 4.90 Å². The number of rotatable bonds is 4. The van der Waals surface area contributed by atoms with E-state index in [4.69, 9.17) is 16.3 Å². The molecule has 0 amide bonds. The zero-order valence-electron chi connectivity index (χ0n) is 13.1. The summed E-state index contributed by atoms with van der Waals surface area (Å²) in [7, 11) is 0. The first kappa shape index (κ1) is 18.2. The van der Waals surface area contributed by atoms with Crippen molar-refractivity contribution >= 4 is 23.1 Å². The first-order valence-corrected chi connectivity index (χ1v) is 7.86. The molecule has 0 radical (unpaired) electrons. The van der Waals surface area contributed by atoms with Crippen molar-refractivity contribution in [3.63, 3.8) is 0 Å². The Morgan fingerprint density at radius 3 is 2.69 bits per heavy atom. The number of hydrogen-bond acceptors (Lipinski definition) is 6. The Labute approximate surface area is 150 Å². The fraction of sp³-hybridized carbons (Fsp3) is 0.333. The quantitative estimate of drug-likeness (QED) is 0.586. The Morgan fingerprint density at radius 1 is 1.31 bits per heavy atom. The van der Waals surface area contributed by atoms with Gasteiger partial charge in [-0.15, -0.1) is 0 Å². The Morgan fingerprint density at radius 2 is 2.08 bits per heavy atom. The zero-order chi connectivity index (χ0) is 18.9. The lowest BCUT2D eigenvalue weighted by Crippen LogP contribution is -2.26. The molecule has 0 N–H and O–H groups in total.